The van der Waals surface area contributed by atoms with E-state index >= 15 is 0 Å². The second kappa shape index (κ2) is 7.95. The smallest absolute Gasteiger partial charge is 0.220 e. The minimum absolute atomic E-state index is 0.00535. The van der Waals surface area contributed by atoms with Crippen molar-refractivity contribution in [2.24, 2.45) is 5.92 Å². The van der Waals surface area contributed by atoms with Crippen LogP contribution >= 0.6 is 0 Å². The van der Waals surface area contributed by atoms with Crippen molar-refractivity contribution in [3.63, 3.8) is 0 Å². The monoisotopic (exact) mass is 263 g/mol. The summed E-state index contributed by atoms with van der Waals surface area (Å²) in [6.07, 6.45) is 1.45. The van der Waals surface area contributed by atoms with E-state index in [1.807, 2.05) is 32.0 Å². The molecule has 0 fully saturated rings. The van der Waals surface area contributed by atoms with Crippen molar-refractivity contribution in [1.82, 2.24) is 5.32 Å². The molecule has 0 aliphatic carbocycles. The summed E-state index contributed by atoms with van der Waals surface area (Å²) in [5, 5.41) is 12.0. The molecule has 0 aliphatic rings. The number of benzene rings is 1. The van der Waals surface area contributed by atoms with E-state index in [9.17, 15) is 4.79 Å². The van der Waals surface area contributed by atoms with E-state index in [0.29, 0.717) is 6.42 Å². The molecule has 2 N–H and O–H groups in total. The first-order valence-electron chi connectivity index (χ1n) is 7.03. The van der Waals surface area contributed by atoms with Gasteiger partial charge in [0.25, 0.3) is 0 Å². The fourth-order valence-electron chi connectivity index (χ4n) is 2.06. The van der Waals surface area contributed by atoms with Gasteiger partial charge in [0.15, 0.2) is 0 Å². The third-order valence-electron chi connectivity index (χ3n) is 3.73. The maximum Gasteiger partial charge on any atom is 0.220 e. The minimum Gasteiger partial charge on any atom is -0.396 e. The molecule has 3 heteroatoms. The number of aliphatic hydroxyl groups excluding tert-OH is 1. The summed E-state index contributed by atoms with van der Waals surface area (Å²) in [7, 11) is 0. The zero-order valence-corrected chi connectivity index (χ0v) is 12.1. The Hall–Kier alpha value is -1.35. The van der Waals surface area contributed by atoms with E-state index in [2.05, 4.69) is 24.4 Å². The van der Waals surface area contributed by atoms with E-state index in [1.54, 1.807) is 0 Å². The van der Waals surface area contributed by atoms with E-state index in [-0.39, 0.29) is 30.4 Å². The molecule has 19 heavy (non-hydrogen) atoms. The molecule has 1 aromatic carbocycles. The van der Waals surface area contributed by atoms with Crippen LogP contribution in [0.4, 0.5) is 0 Å². The standard InChI is InChI=1S/C16H25NO2/c1-4-14(15-8-6-5-7-9-15)10-16(19)17-13(3)12(2)11-18/h5-9,12-14,18H,4,10-11H2,1-3H3,(H,17,19). The Kier molecular flexibility index (Phi) is 6.57. The predicted octanol–water partition coefficient (Wildman–Crippen LogP) is 2.70. The fourth-order valence-corrected chi connectivity index (χ4v) is 2.06. The van der Waals surface area contributed by atoms with Crippen molar-refractivity contribution in [2.45, 2.75) is 45.6 Å². The number of rotatable bonds is 7. The lowest BCUT2D eigenvalue weighted by molar-refractivity contribution is -0.122. The molecule has 0 saturated carbocycles. The number of hydrogen-bond acceptors (Lipinski definition) is 2. The molecule has 106 valence electrons. The second-order valence-corrected chi connectivity index (χ2v) is 5.24. The van der Waals surface area contributed by atoms with Gasteiger partial charge in [0, 0.05) is 19.1 Å². The van der Waals surface area contributed by atoms with Gasteiger partial charge in [0.2, 0.25) is 5.91 Å². The minimum atomic E-state index is 0.00535. The number of carbonyl (C=O) groups is 1. The Bertz CT molecular complexity index is 378. The number of amides is 1. The highest BCUT2D eigenvalue weighted by molar-refractivity contribution is 5.77. The third-order valence-corrected chi connectivity index (χ3v) is 3.73. The first kappa shape index (κ1) is 15.7. The summed E-state index contributed by atoms with van der Waals surface area (Å²) in [5.41, 5.74) is 1.21. The Labute approximate surface area is 116 Å². The SMILES string of the molecule is CCC(CC(=O)NC(C)C(C)CO)c1ccccc1. The number of carbonyl (C=O) groups excluding carboxylic acids is 1. The van der Waals surface area contributed by atoms with Crippen LogP contribution in [-0.4, -0.2) is 23.7 Å². The zero-order valence-electron chi connectivity index (χ0n) is 12.1. The first-order chi connectivity index (χ1) is 9.08. The number of aliphatic hydroxyl groups is 1. The van der Waals surface area contributed by atoms with Crippen molar-refractivity contribution in [1.29, 1.82) is 0 Å². The molecule has 0 aliphatic heterocycles. The van der Waals surface area contributed by atoms with Crippen LogP contribution in [0.5, 0.6) is 0 Å². The molecule has 1 rings (SSSR count). The highest BCUT2D eigenvalue weighted by Gasteiger charge is 2.18. The molecule has 3 atom stereocenters. The maximum absolute atomic E-state index is 12.0. The molecule has 3 nitrogen and oxygen atoms in total. The summed E-state index contributed by atoms with van der Waals surface area (Å²) >= 11 is 0. The molecular weight excluding hydrogens is 238 g/mol. The molecule has 0 heterocycles. The normalized spacial score (nSPS) is 15.6. The number of hydrogen-bond donors (Lipinski definition) is 2. The first-order valence-corrected chi connectivity index (χ1v) is 7.03. The van der Waals surface area contributed by atoms with Crippen LogP contribution in [0.3, 0.4) is 0 Å². The molecule has 3 unspecified atom stereocenters. The average molecular weight is 263 g/mol. The lowest BCUT2D eigenvalue weighted by Gasteiger charge is -2.21. The van der Waals surface area contributed by atoms with Gasteiger partial charge in [-0.2, -0.15) is 0 Å². The summed E-state index contributed by atoms with van der Waals surface area (Å²) in [4.78, 5) is 12.0. The van der Waals surface area contributed by atoms with Gasteiger partial charge in [-0.15, -0.1) is 0 Å². The van der Waals surface area contributed by atoms with E-state index in [4.69, 9.17) is 5.11 Å². The van der Waals surface area contributed by atoms with Crippen molar-refractivity contribution >= 4 is 5.91 Å². The van der Waals surface area contributed by atoms with E-state index in [0.717, 1.165) is 6.42 Å². The molecule has 0 saturated heterocycles. The highest BCUT2D eigenvalue weighted by Crippen LogP contribution is 2.22. The van der Waals surface area contributed by atoms with Crippen LogP contribution in [0.2, 0.25) is 0 Å². The Morgan fingerprint density at radius 2 is 1.89 bits per heavy atom. The van der Waals surface area contributed by atoms with Crippen LogP contribution in [-0.2, 0) is 4.79 Å². The maximum atomic E-state index is 12.0. The Morgan fingerprint density at radius 3 is 2.42 bits per heavy atom. The van der Waals surface area contributed by atoms with Crippen LogP contribution in [0.1, 0.15) is 45.1 Å². The zero-order chi connectivity index (χ0) is 14.3. The van der Waals surface area contributed by atoms with E-state index in [1.165, 1.54) is 5.56 Å². The quantitative estimate of drug-likeness (QED) is 0.794. The van der Waals surface area contributed by atoms with Gasteiger partial charge < -0.3 is 10.4 Å². The van der Waals surface area contributed by atoms with Gasteiger partial charge in [-0.1, -0.05) is 44.2 Å². The van der Waals surface area contributed by atoms with Gasteiger partial charge in [-0.25, -0.2) is 0 Å². The molecule has 0 bridgehead atoms. The summed E-state index contributed by atoms with van der Waals surface area (Å²) in [6, 6.07) is 10.1. The van der Waals surface area contributed by atoms with Crippen molar-refractivity contribution < 1.29 is 9.90 Å². The lowest BCUT2D eigenvalue weighted by atomic mass is 9.92. The van der Waals surface area contributed by atoms with Crippen LogP contribution in [0.15, 0.2) is 30.3 Å². The predicted molar refractivity (Wildman–Crippen MR) is 77.9 cm³/mol. The third kappa shape index (κ3) is 5.03. The largest absolute Gasteiger partial charge is 0.396 e. The van der Waals surface area contributed by atoms with Gasteiger partial charge in [0.1, 0.15) is 0 Å². The molecule has 0 aromatic heterocycles. The fraction of sp³-hybridized carbons (Fsp3) is 0.562. The average Bonchev–Trinajstić information content (AvgIpc) is 2.44. The molecule has 1 aromatic rings. The molecule has 0 spiro atoms. The van der Waals surface area contributed by atoms with Crippen molar-refractivity contribution in [3.8, 4) is 0 Å². The van der Waals surface area contributed by atoms with Crippen molar-refractivity contribution in [3.05, 3.63) is 35.9 Å². The molecule has 1 amide bonds. The number of nitrogens with one attached hydrogen (secondary N) is 1. The topological polar surface area (TPSA) is 49.3 Å². The summed E-state index contributed by atoms with van der Waals surface area (Å²) in [6.45, 7) is 6.06. The van der Waals surface area contributed by atoms with Crippen LogP contribution in [0, 0.1) is 5.92 Å². The Morgan fingerprint density at radius 1 is 1.26 bits per heavy atom. The Balaban J connectivity index is 2.55. The van der Waals surface area contributed by atoms with Crippen molar-refractivity contribution in [2.75, 3.05) is 6.61 Å². The molecular formula is C16H25NO2. The molecule has 0 radical (unpaired) electrons. The summed E-state index contributed by atoms with van der Waals surface area (Å²) < 4.78 is 0. The lowest BCUT2D eigenvalue weighted by Crippen LogP contribution is -2.38. The van der Waals surface area contributed by atoms with Crippen LogP contribution < -0.4 is 5.32 Å². The summed E-state index contributed by atoms with van der Waals surface area (Å²) in [5.74, 6) is 0.405. The highest BCUT2D eigenvalue weighted by atomic mass is 16.3. The van der Waals surface area contributed by atoms with E-state index < -0.39 is 0 Å². The van der Waals surface area contributed by atoms with Gasteiger partial charge in [0.05, 0.1) is 0 Å². The van der Waals surface area contributed by atoms with Crippen LogP contribution in [0.25, 0.3) is 0 Å². The van der Waals surface area contributed by atoms with Gasteiger partial charge >= 0.3 is 0 Å². The van der Waals surface area contributed by atoms with Gasteiger partial charge in [-0.05, 0) is 30.7 Å². The van der Waals surface area contributed by atoms with Gasteiger partial charge in [-0.3, -0.25) is 4.79 Å². The second-order valence-electron chi connectivity index (χ2n) is 5.24.